The van der Waals surface area contributed by atoms with Crippen LogP contribution in [-0.4, -0.2) is 10.9 Å². The SMILES string of the molecule is CC(=O)C(C)(O)c1ccc(Br)cc1. The first-order valence-electron chi connectivity index (χ1n) is 3.94. The molecule has 0 aliphatic rings. The molecule has 1 N–H and O–H groups in total. The van der Waals surface area contributed by atoms with E-state index in [0.717, 1.165) is 4.47 Å². The minimum atomic E-state index is -1.37. The number of hydrogen-bond acceptors (Lipinski definition) is 2. The predicted octanol–water partition coefficient (Wildman–Crippen LogP) is 2.25. The van der Waals surface area contributed by atoms with E-state index >= 15 is 0 Å². The number of carbonyl (C=O) groups excluding carboxylic acids is 1. The lowest BCUT2D eigenvalue weighted by Gasteiger charge is -2.20. The van der Waals surface area contributed by atoms with Crippen molar-refractivity contribution in [3.8, 4) is 0 Å². The quantitative estimate of drug-likeness (QED) is 0.864. The van der Waals surface area contributed by atoms with Crippen LogP contribution in [-0.2, 0) is 10.4 Å². The summed E-state index contributed by atoms with van der Waals surface area (Å²) in [4.78, 5) is 11.1. The van der Waals surface area contributed by atoms with Gasteiger partial charge < -0.3 is 5.11 Å². The lowest BCUT2D eigenvalue weighted by atomic mass is 9.92. The molecule has 3 heteroatoms. The van der Waals surface area contributed by atoms with Crippen molar-refractivity contribution in [2.24, 2.45) is 0 Å². The average molecular weight is 243 g/mol. The predicted molar refractivity (Wildman–Crippen MR) is 54.4 cm³/mol. The zero-order valence-corrected chi connectivity index (χ0v) is 9.13. The molecule has 0 aromatic heterocycles. The number of rotatable bonds is 2. The largest absolute Gasteiger partial charge is 0.378 e. The molecule has 1 aromatic carbocycles. The molecule has 1 aromatic rings. The third kappa shape index (κ3) is 2.17. The van der Waals surface area contributed by atoms with Crippen molar-refractivity contribution in [1.29, 1.82) is 0 Å². The van der Waals surface area contributed by atoms with Gasteiger partial charge in [0.15, 0.2) is 5.78 Å². The third-order valence-corrected chi connectivity index (χ3v) is 2.62. The van der Waals surface area contributed by atoms with Crippen molar-refractivity contribution >= 4 is 21.7 Å². The van der Waals surface area contributed by atoms with E-state index in [1.54, 1.807) is 24.3 Å². The van der Waals surface area contributed by atoms with E-state index in [2.05, 4.69) is 15.9 Å². The van der Waals surface area contributed by atoms with Crippen LogP contribution in [0.4, 0.5) is 0 Å². The van der Waals surface area contributed by atoms with E-state index in [1.165, 1.54) is 13.8 Å². The lowest BCUT2D eigenvalue weighted by Crippen LogP contribution is -2.29. The summed E-state index contributed by atoms with van der Waals surface area (Å²) in [5, 5.41) is 9.79. The monoisotopic (exact) mass is 242 g/mol. The molecule has 0 saturated heterocycles. The lowest BCUT2D eigenvalue weighted by molar-refractivity contribution is -0.134. The van der Waals surface area contributed by atoms with Gasteiger partial charge in [-0.3, -0.25) is 4.79 Å². The summed E-state index contributed by atoms with van der Waals surface area (Å²) in [5.41, 5.74) is -0.760. The zero-order chi connectivity index (χ0) is 10.1. The van der Waals surface area contributed by atoms with Crippen LogP contribution in [0.5, 0.6) is 0 Å². The van der Waals surface area contributed by atoms with E-state index in [-0.39, 0.29) is 5.78 Å². The molecule has 1 rings (SSSR count). The maximum atomic E-state index is 11.1. The van der Waals surface area contributed by atoms with Crippen molar-refractivity contribution in [2.45, 2.75) is 19.4 Å². The van der Waals surface area contributed by atoms with Crippen LogP contribution in [0.25, 0.3) is 0 Å². The summed E-state index contributed by atoms with van der Waals surface area (Å²) in [6.07, 6.45) is 0. The second-order valence-electron chi connectivity index (χ2n) is 3.14. The Labute approximate surface area is 85.7 Å². The van der Waals surface area contributed by atoms with Gasteiger partial charge >= 0.3 is 0 Å². The number of carbonyl (C=O) groups is 1. The highest BCUT2D eigenvalue weighted by atomic mass is 79.9. The fourth-order valence-electron chi connectivity index (χ4n) is 0.978. The Morgan fingerprint density at radius 1 is 1.38 bits per heavy atom. The Kier molecular flexibility index (Phi) is 2.88. The molecule has 0 heterocycles. The number of halogens is 1. The second kappa shape index (κ2) is 3.60. The first-order valence-corrected chi connectivity index (χ1v) is 4.73. The number of Topliss-reactive ketones (excluding diaryl/α,β-unsaturated/α-hetero) is 1. The van der Waals surface area contributed by atoms with Crippen LogP contribution in [0.2, 0.25) is 0 Å². The summed E-state index contributed by atoms with van der Waals surface area (Å²) in [5.74, 6) is -0.255. The Hall–Kier alpha value is -0.670. The molecule has 2 nitrogen and oxygen atoms in total. The minimum absolute atomic E-state index is 0.255. The zero-order valence-electron chi connectivity index (χ0n) is 7.54. The fourth-order valence-corrected chi connectivity index (χ4v) is 1.24. The van der Waals surface area contributed by atoms with Gasteiger partial charge in [0.25, 0.3) is 0 Å². The molecule has 70 valence electrons. The van der Waals surface area contributed by atoms with Crippen LogP contribution in [0.15, 0.2) is 28.7 Å². The van der Waals surface area contributed by atoms with Crippen LogP contribution < -0.4 is 0 Å². The summed E-state index contributed by atoms with van der Waals surface area (Å²) in [6.45, 7) is 2.88. The molecular weight excluding hydrogens is 232 g/mol. The van der Waals surface area contributed by atoms with Crippen molar-refractivity contribution in [2.75, 3.05) is 0 Å². The van der Waals surface area contributed by atoms with Gasteiger partial charge in [-0.15, -0.1) is 0 Å². The average Bonchev–Trinajstić information content (AvgIpc) is 2.04. The second-order valence-corrected chi connectivity index (χ2v) is 4.05. The van der Waals surface area contributed by atoms with Gasteiger partial charge in [0.05, 0.1) is 0 Å². The van der Waals surface area contributed by atoms with Crippen molar-refractivity contribution in [3.05, 3.63) is 34.3 Å². The topological polar surface area (TPSA) is 37.3 Å². The number of hydrogen-bond donors (Lipinski definition) is 1. The highest BCUT2D eigenvalue weighted by Gasteiger charge is 2.28. The van der Waals surface area contributed by atoms with Gasteiger partial charge in [-0.1, -0.05) is 28.1 Å². The van der Waals surface area contributed by atoms with Crippen LogP contribution in [0.3, 0.4) is 0 Å². The van der Waals surface area contributed by atoms with E-state index in [4.69, 9.17) is 0 Å². The Morgan fingerprint density at radius 2 is 1.85 bits per heavy atom. The van der Waals surface area contributed by atoms with Gasteiger partial charge in [0.2, 0.25) is 0 Å². The number of ketones is 1. The van der Waals surface area contributed by atoms with E-state index in [1.807, 2.05) is 0 Å². The van der Waals surface area contributed by atoms with Crippen molar-refractivity contribution in [3.63, 3.8) is 0 Å². The highest BCUT2D eigenvalue weighted by Crippen LogP contribution is 2.23. The van der Waals surface area contributed by atoms with Crippen molar-refractivity contribution < 1.29 is 9.90 Å². The summed E-state index contributed by atoms with van der Waals surface area (Å²) in [7, 11) is 0. The maximum Gasteiger partial charge on any atom is 0.165 e. The molecule has 13 heavy (non-hydrogen) atoms. The minimum Gasteiger partial charge on any atom is -0.378 e. The number of aliphatic hydroxyl groups is 1. The van der Waals surface area contributed by atoms with Gasteiger partial charge in [-0.25, -0.2) is 0 Å². The van der Waals surface area contributed by atoms with E-state index < -0.39 is 5.60 Å². The molecule has 0 aliphatic carbocycles. The molecule has 0 amide bonds. The Balaban J connectivity index is 3.08. The smallest absolute Gasteiger partial charge is 0.165 e. The standard InChI is InChI=1S/C10H11BrO2/c1-7(12)10(2,13)8-3-5-9(11)6-4-8/h3-6,13H,1-2H3. The van der Waals surface area contributed by atoms with Crippen LogP contribution in [0.1, 0.15) is 19.4 Å². The van der Waals surface area contributed by atoms with Gasteiger partial charge in [-0.05, 0) is 31.5 Å². The Morgan fingerprint density at radius 3 is 2.23 bits per heavy atom. The summed E-state index contributed by atoms with van der Waals surface area (Å²) in [6, 6.07) is 7.05. The molecule has 0 radical (unpaired) electrons. The molecule has 0 saturated carbocycles. The van der Waals surface area contributed by atoms with Crippen LogP contribution in [0, 0.1) is 0 Å². The molecule has 1 unspecified atom stereocenters. The van der Waals surface area contributed by atoms with Gasteiger partial charge in [0.1, 0.15) is 5.60 Å². The molecule has 0 aliphatic heterocycles. The Bertz CT molecular complexity index is 314. The summed E-state index contributed by atoms with van der Waals surface area (Å²) >= 11 is 3.28. The van der Waals surface area contributed by atoms with E-state index in [0.29, 0.717) is 5.56 Å². The molecular formula is C10H11BrO2. The fraction of sp³-hybridized carbons (Fsp3) is 0.300. The third-order valence-electron chi connectivity index (χ3n) is 2.09. The first-order chi connectivity index (χ1) is 5.94. The van der Waals surface area contributed by atoms with Crippen molar-refractivity contribution in [1.82, 2.24) is 0 Å². The molecule has 0 fully saturated rings. The van der Waals surface area contributed by atoms with Crippen LogP contribution >= 0.6 is 15.9 Å². The van der Waals surface area contributed by atoms with Gasteiger partial charge in [0, 0.05) is 4.47 Å². The normalized spacial score (nSPS) is 15.1. The molecule has 0 spiro atoms. The number of benzene rings is 1. The first kappa shape index (κ1) is 10.4. The summed E-state index contributed by atoms with van der Waals surface area (Å²) < 4.78 is 0.926. The van der Waals surface area contributed by atoms with Gasteiger partial charge in [-0.2, -0.15) is 0 Å². The molecule has 1 atom stereocenters. The maximum absolute atomic E-state index is 11.1. The molecule has 0 bridgehead atoms. The van der Waals surface area contributed by atoms with E-state index in [9.17, 15) is 9.90 Å². The highest BCUT2D eigenvalue weighted by molar-refractivity contribution is 9.10.